The van der Waals surface area contributed by atoms with Gasteiger partial charge in [-0.2, -0.15) is 0 Å². The number of amides is 1. The third kappa shape index (κ3) is 4.67. The van der Waals surface area contributed by atoms with Gasteiger partial charge in [0.15, 0.2) is 0 Å². The monoisotopic (exact) mass is 342 g/mol. The van der Waals surface area contributed by atoms with Gasteiger partial charge in [0.05, 0.1) is 18.4 Å². The standard InChI is InChI=1S/C18H22N4O3/c1-2-24-16-8-4-3-7-14(16)21-18-19-10-9-15(22-18)17(23)20-12-13-6-5-11-25-13/h3-4,7-10,13H,2,5-6,11-12H2,1H3,(H,20,23)(H,19,21,22). The van der Waals surface area contributed by atoms with Crippen LogP contribution in [0.25, 0.3) is 0 Å². The fraction of sp³-hybridized carbons (Fsp3) is 0.389. The summed E-state index contributed by atoms with van der Waals surface area (Å²) < 4.78 is 11.1. The number of hydrogen-bond acceptors (Lipinski definition) is 6. The van der Waals surface area contributed by atoms with E-state index >= 15 is 0 Å². The largest absolute Gasteiger partial charge is 0.492 e. The third-order valence-corrected chi connectivity index (χ3v) is 3.84. The van der Waals surface area contributed by atoms with Gasteiger partial charge >= 0.3 is 0 Å². The molecule has 132 valence electrons. The minimum Gasteiger partial charge on any atom is -0.492 e. The van der Waals surface area contributed by atoms with Crippen molar-refractivity contribution in [2.75, 3.05) is 25.1 Å². The van der Waals surface area contributed by atoms with E-state index in [1.54, 1.807) is 12.3 Å². The number of para-hydroxylation sites is 2. The van der Waals surface area contributed by atoms with Crippen molar-refractivity contribution in [3.05, 3.63) is 42.2 Å². The van der Waals surface area contributed by atoms with Crippen LogP contribution in [-0.4, -0.2) is 41.7 Å². The molecule has 0 bridgehead atoms. The SMILES string of the molecule is CCOc1ccccc1Nc1nccc(C(=O)NCC2CCCO2)n1. The molecule has 1 atom stereocenters. The lowest BCUT2D eigenvalue weighted by Crippen LogP contribution is -2.32. The average molecular weight is 342 g/mol. The van der Waals surface area contributed by atoms with E-state index in [-0.39, 0.29) is 12.0 Å². The first-order valence-electron chi connectivity index (χ1n) is 8.48. The predicted octanol–water partition coefficient (Wildman–Crippen LogP) is 2.53. The van der Waals surface area contributed by atoms with Crippen LogP contribution >= 0.6 is 0 Å². The van der Waals surface area contributed by atoms with E-state index in [2.05, 4.69) is 20.6 Å². The molecule has 2 aromatic rings. The van der Waals surface area contributed by atoms with E-state index in [0.29, 0.717) is 30.5 Å². The molecule has 2 heterocycles. The van der Waals surface area contributed by atoms with Crippen LogP contribution in [0.15, 0.2) is 36.5 Å². The number of benzene rings is 1. The van der Waals surface area contributed by atoms with Gasteiger partial charge < -0.3 is 20.1 Å². The molecule has 1 aromatic heterocycles. The summed E-state index contributed by atoms with van der Waals surface area (Å²) >= 11 is 0. The zero-order chi connectivity index (χ0) is 17.5. The van der Waals surface area contributed by atoms with Gasteiger partial charge in [0.1, 0.15) is 11.4 Å². The molecule has 1 saturated heterocycles. The van der Waals surface area contributed by atoms with Crippen LogP contribution < -0.4 is 15.4 Å². The van der Waals surface area contributed by atoms with Gasteiger partial charge in [-0.25, -0.2) is 9.97 Å². The Morgan fingerprint density at radius 1 is 1.36 bits per heavy atom. The molecule has 0 saturated carbocycles. The highest BCUT2D eigenvalue weighted by Crippen LogP contribution is 2.25. The van der Waals surface area contributed by atoms with Crippen LogP contribution in [0.4, 0.5) is 11.6 Å². The highest BCUT2D eigenvalue weighted by Gasteiger charge is 2.17. The van der Waals surface area contributed by atoms with E-state index in [1.165, 1.54) is 0 Å². The van der Waals surface area contributed by atoms with Crippen molar-refractivity contribution in [3.8, 4) is 5.75 Å². The Morgan fingerprint density at radius 3 is 3.04 bits per heavy atom. The van der Waals surface area contributed by atoms with Crippen LogP contribution in [-0.2, 0) is 4.74 Å². The number of nitrogens with zero attached hydrogens (tertiary/aromatic N) is 2. The average Bonchev–Trinajstić information content (AvgIpc) is 3.15. The van der Waals surface area contributed by atoms with Crippen LogP contribution in [0.2, 0.25) is 0 Å². The van der Waals surface area contributed by atoms with E-state index in [4.69, 9.17) is 9.47 Å². The van der Waals surface area contributed by atoms with Gasteiger partial charge in [0.25, 0.3) is 5.91 Å². The second kappa shape index (κ2) is 8.43. The molecule has 1 unspecified atom stereocenters. The quantitative estimate of drug-likeness (QED) is 0.804. The molecule has 0 aliphatic carbocycles. The summed E-state index contributed by atoms with van der Waals surface area (Å²) in [4.78, 5) is 20.7. The van der Waals surface area contributed by atoms with Crippen molar-refractivity contribution in [2.24, 2.45) is 0 Å². The lowest BCUT2D eigenvalue weighted by molar-refractivity contribution is 0.0853. The molecule has 1 aliphatic rings. The summed E-state index contributed by atoms with van der Waals surface area (Å²) in [6.07, 6.45) is 3.67. The van der Waals surface area contributed by atoms with Gasteiger partial charge in [-0.15, -0.1) is 0 Å². The number of aromatic nitrogens is 2. The Balaban J connectivity index is 1.65. The van der Waals surface area contributed by atoms with E-state index in [1.807, 2.05) is 31.2 Å². The smallest absolute Gasteiger partial charge is 0.270 e. The first-order valence-corrected chi connectivity index (χ1v) is 8.48. The van der Waals surface area contributed by atoms with Gasteiger partial charge in [0.2, 0.25) is 5.95 Å². The number of anilines is 2. The first-order chi connectivity index (χ1) is 12.3. The lowest BCUT2D eigenvalue weighted by Gasteiger charge is -2.12. The first kappa shape index (κ1) is 17.2. The maximum atomic E-state index is 12.3. The Kier molecular flexibility index (Phi) is 5.79. The summed E-state index contributed by atoms with van der Waals surface area (Å²) in [5.74, 6) is 0.817. The second-order valence-corrected chi connectivity index (χ2v) is 5.66. The lowest BCUT2D eigenvalue weighted by atomic mass is 10.2. The number of hydrogen-bond donors (Lipinski definition) is 2. The van der Waals surface area contributed by atoms with E-state index in [0.717, 1.165) is 25.1 Å². The maximum absolute atomic E-state index is 12.3. The molecule has 3 rings (SSSR count). The number of carbonyl (C=O) groups is 1. The fourth-order valence-corrected chi connectivity index (χ4v) is 2.62. The minimum atomic E-state index is -0.237. The molecule has 2 N–H and O–H groups in total. The summed E-state index contributed by atoms with van der Waals surface area (Å²) in [6, 6.07) is 9.11. The van der Waals surface area contributed by atoms with Crippen molar-refractivity contribution >= 4 is 17.5 Å². The molecule has 7 nitrogen and oxygen atoms in total. The molecule has 0 spiro atoms. The molecule has 1 aromatic carbocycles. The number of ether oxygens (including phenoxy) is 2. The molecular weight excluding hydrogens is 320 g/mol. The Hall–Kier alpha value is -2.67. The van der Waals surface area contributed by atoms with E-state index in [9.17, 15) is 4.79 Å². The molecular formula is C18H22N4O3. The van der Waals surface area contributed by atoms with Crippen LogP contribution in [0, 0.1) is 0 Å². The topological polar surface area (TPSA) is 85.4 Å². The number of nitrogens with one attached hydrogen (secondary N) is 2. The van der Waals surface area contributed by atoms with Crippen molar-refractivity contribution in [2.45, 2.75) is 25.9 Å². The molecule has 7 heteroatoms. The second-order valence-electron chi connectivity index (χ2n) is 5.66. The predicted molar refractivity (Wildman–Crippen MR) is 94.2 cm³/mol. The van der Waals surface area contributed by atoms with E-state index < -0.39 is 0 Å². The zero-order valence-electron chi connectivity index (χ0n) is 14.2. The molecule has 0 radical (unpaired) electrons. The fourth-order valence-electron chi connectivity index (χ4n) is 2.62. The Bertz CT molecular complexity index is 717. The zero-order valence-corrected chi connectivity index (χ0v) is 14.2. The highest BCUT2D eigenvalue weighted by molar-refractivity contribution is 5.92. The Labute approximate surface area is 146 Å². The van der Waals surface area contributed by atoms with Crippen molar-refractivity contribution in [1.29, 1.82) is 0 Å². The maximum Gasteiger partial charge on any atom is 0.270 e. The van der Waals surface area contributed by atoms with Gasteiger partial charge in [-0.05, 0) is 38.0 Å². The van der Waals surface area contributed by atoms with Crippen molar-refractivity contribution in [3.63, 3.8) is 0 Å². The van der Waals surface area contributed by atoms with Crippen LogP contribution in [0.1, 0.15) is 30.3 Å². The summed E-state index contributed by atoms with van der Waals surface area (Å²) in [5.41, 5.74) is 1.06. The van der Waals surface area contributed by atoms with Gasteiger partial charge in [-0.1, -0.05) is 12.1 Å². The van der Waals surface area contributed by atoms with Gasteiger partial charge in [-0.3, -0.25) is 4.79 Å². The highest BCUT2D eigenvalue weighted by atomic mass is 16.5. The minimum absolute atomic E-state index is 0.0986. The van der Waals surface area contributed by atoms with Gasteiger partial charge in [0, 0.05) is 19.3 Å². The number of carbonyl (C=O) groups excluding carboxylic acids is 1. The normalized spacial score (nSPS) is 16.4. The number of rotatable bonds is 7. The summed E-state index contributed by atoms with van der Waals surface area (Å²) in [7, 11) is 0. The molecule has 25 heavy (non-hydrogen) atoms. The molecule has 1 amide bonds. The molecule has 1 fully saturated rings. The van der Waals surface area contributed by atoms with Crippen molar-refractivity contribution < 1.29 is 14.3 Å². The Morgan fingerprint density at radius 2 is 2.24 bits per heavy atom. The van der Waals surface area contributed by atoms with Crippen molar-refractivity contribution in [1.82, 2.24) is 15.3 Å². The van der Waals surface area contributed by atoms with Crippen LogP contribution in [0.3, 0.4) is 0 Å². The third-order valence-electron chi connectivity index (χ3n) is 3.84. The summed E-state index contributed by atoms with van der Waals surface area (Å²) in [5, 5.41) is 5.95. The van der Waals surface area contributed by atoms with Crippen LogP contribution in [0.5, 0.6) is 5.75 Å². The summed E-state index contributed by atoms with van der Waals surface area (Å²) in [6.45, 7) is 3.75. The molecule has 1 aliphatic heterocycles.